The second-order valence-electron chi connectivity index (χ2n) is 7.24. The van der Waals surface area contributed by atoms with Crippen LogP contribution in [0, 0.1) is 6.57 Å². The van der Waals surface area contributed by atoms with E-state index in [1.165, 1.54) is 18.9 Å². The van der Waals surface area contributed by atoms with Crippen LogP contribution < -0.4 is 4.74 Å². The van der Waals surface area contributed by atoms with Crippen LogP contribution in [0.15, 0.2) is 24.3 Å². The van der Waals surface area contributed by atoms with Gasteiger partial charge in [0.2, 0.25) is 0 Å². The molecule has 1 rings (SSSR count). The highest BCUT2D eigenvalue weighted by atomic mass is 28.4. The Morgan fingerprint density at radius 2 is 1.59 bits per heavy atom. The molecule has 0 amide bonds. The fourth-order valence-corrected chi connectivity index (χ4v) is 10.7. The van der Waals surface area contributed by atoms with E-state index in [0.29, 0.717) is 5.69 Å². The van der Waals surface area contributed by atoms with Crippen LogP contribution in [0.4, 0.5) is 5.69 Å². The van der Waals surface area contributed by atoms with Crippen LogP contribution in [-0.2, 0) is 4.12 Å². The predicted molar refractivity (Wildman–Crippen MR) is 98.8 cm³/mol. The van der Waals surface area contributed by atoms with Gasteiger partial charge in [0.05, 0.1) is 6.61 Å². The van der Waals surface area contributed by atoms with Crippen molar-refractivity contribution >= 4 is 22.3 Å². The molecular weight excluding hydrogens is 306 g/mol. The highest BCUT2D eigenvalue weighted by Gasteiger charge is 2.28. The van der Waals surface area contributed by atoms with E-state index in [1.54, 1.807) is 12.1 Å². The van der Waals surface area contributed by atoms with Crippen molar-refractivity contribution in [2.24, 2.45) is 0 Å². The molecule has 0 aromatic heterocycles. The van der Waals surface area contributed by atoms with Crippen molar-refractivity contribution in [1.82, 2.24) is 0 Å². The van der Waals surface area contributed by atoms with Gasteiger partial charge in [-0.2, -0.15) is 0 Å². The molecule has 0 spiro atoms. The number of rotatable bonds is 9. The van der Waals surface area contributed by atoms with Gasteiger partial charge in [-0.1, -0.05) is 12.8 Å². The molecule has 0 N–H and O–H groups in total. The SMILES string of the molecule is [C]#[N+]c1ccc(OCCCCC[Si](C)(C)O[Si](C)(C)C)cc1. The average molecular weight is 336 g/mol. The topological polar surface area (TPSA) is 22.8 Å². The molecule has 22 heavy (non-hydrogen) atoms. The Labute approximate surface area is 137 Å². The Morgan fingerprint density at radius 1 is 0.955 bits per heavy atom. The molecule has 0 saturated heterocycles. The van der Waals surface area contributed by atoms with E-state index in [4.69, 9.17) is 15.4 Å². The third-order valence-corrected chi connectivity index (χ3v) is 9.46. The quantitative estimate of drug-likeness (QED) is 0.418. The molecule has 1 aromatic rings. The third-order valence-electron chi connectivity index (χ3n) is 3.24. The summed E-state index contributed by atoms with van der Waals surface area (Å²) < 4.78 is 12.0. The van der Waals surface area contributed by atoms with Gasteiger partial charge in [0.15, 0.2) is 16.6 Å². The van der Waals surface area contributed by atoms with Gasteiger partial charge in [-0.05, 0) is 62.2 Å². The summed E-state index contributed by atoms with van der Waals surface area (Å²) in [5.41, 5.74) is 0.655. The van der Waals surface area contributed by atoms with Gasteiger partial charge in [-0.15, -0.1) is 0 Å². The maximum Gasteiger partial charge on any atom is 0.455 e. The molecule has 121 valence electrons. The summed E-state index contributed by atoms with van der Waals surface area (Å²) in [5, 5.41) is 0. The van der Waals surface area contributed by atoms with Gasteiger partial charge in [0, 0.05) is 12.1 Å². The number of unbranched alkanes of at least 4 members (excludes halogenated alkanes) is 2. The predicted octanol–water partition coefficient (Wildman–Crippen LogP) is 5.84. The van der Waals surface area contributed by atoms with Crippen molar-refractivity contribution in [3.8, 4) is 5.75 Å². The van der Waals surface area contributed by atoms with E-state index in [2.05, 4.69) is 37.6 Å². The Balaban J connectivity index is 2.16. The van der Waals surface area contributed by atoms with Crippen molar-refractivity contribution in [2.45, 2.75) is 58.0 Å². The van der Waals surface area contributed by atoms with Crippen molar-refractivity contribution in [3.63, 3.8) is 0 Å². The molecule has 5 heteroatoms. The summed E-state index contributed by atoms with van der Waals surface area (Å²) in [5.74, 6) is 0.851. The summed E-state index contributed by atoms with van der Waals surface area (Å²) in [6.45, 7) is 19.1. The minimum atomic E-state index is -1.48. The maximum absolute atomic E-state index is 6.91. The first-order valence-corrected chi connectivity index (χ1v) is 14.5. The van der Waals surface area contributed by atoms with Gasteiger partial charge in [0.25, 0.3) is 0 Å². The second kappa shape index (κ2) is 8.51. The lowest BCUT2D eigenvalue weighted by atomic mass is 10.2. The Morgan fingerprint density at radius 3 is 2.14 bits per heavy atom. The molecule has 0 aliphatic heterocycles. The van der Waals surface area contributed by atoms with Crippen LogP contribution in [0.1, 0.15) is 19.3 Å². The minimum Gasteiger partial charge on any atom is -0.494 e. The normalized spacial score (nSPS) is 12.0. The van der Waals surface area contributed by atoms with E-state index < -0.39 is 16.6 Å². The van der Waals surface area contributed by atoms with Crippen LogP contribution in [0.25, 0.3) is 4.85 Å². The molecule has 0 aliphatic carbocycles. The standard InChI is InChI=1S/C17H29NO2Si2/c1-18-16-10-12-17(13-11-16)19-14-8-7-9-15-22(5,6)20-21(2,3)4/h10-13H,7-9,14-15H2,2-6H3/q+1. The van der Waals surface area contributed by atoms with Crippen molar-refractivity contribution in [3.05, 3.63) is 35.7 Å². The van der Waals surface area contributed by atoms with E-state index in [0.717, 1.165) is 18.8 Å². The molecule has 1 aromatic carbocycles. The first kappa shape index (κ1) is 19.0. The molecular formula is C17H29NO2Si2+. The number of ether oxygens (including phenoxy) is 1. The van der Waals surface area contributed by atoms with E-state index in [1.807, 2.05) is 12.1 Å². The Kier molecular flexibility index (Phi) is 7.33. The first-order chi connectivity index (χ1) is 10.2. The minimum absolute atomic E-state index is 0.655. The molecule has 0 bridgehead atoms. The monoisotopic (exact) mass is 335 g/mol. The summed E-state index contributed by atoms with van der Waals surface area (Å²) in [6.07, 6.45) is 3.48. The van der Waals surface area contributed by atoms with Crippen molar-refractivity contribution < 1.29 is 8.85 Å². The summed E-state index contributed by atoms with van der Waals surface area (Å²) in [6, 6.07) is 8.56. The number of hydrogen-bond acceptors (Lipinski definition) is 2. The molecule has 1 radical (unpaired) electrons. The largest absolute Gasteiger partial charge is 0.494 e. The molecule has 0 aliphatic rings. The van der Waals surface area contributed by atoms with Gasteiger partial charge in [-0.25, -0.2) is 0 Å². The summed E-state index contributed by atoms with van der Waals surface area (Å²) in [7, 11) is -2.88. The first-order valence-electron chi connectivity index (χ1n) is 8.02. The zero-order valence-corrected chi connectivity index (χ0v) is 16.6. The lowest BCUT2D eigenvalue weighted by Gasteiger charge is -2.31. The smallest absolute Gasteiger partial charge is 0.455 e. The molecule has 3 nitrogen and oxygen atoms in total. The van der Waals surface area contributed by atoms with Crippen LogP contribution >= 0.6 is 0 Å². The van der Waals surface area contributed by atoms with E-state index in [-0.39, 0.29) is 0 Å². The highest BCUT2D eigenvalue weighted by Crippen LogP contribution is 2.21. The average Bonchev–Trinajstić information content (AvgIpc) is 2.40. The van der Waals surface area contributed by atoms with Crippen LogP contribution in [0.2, 0.25) is 38.8 Å². The van der Waals surface area contributed by atoms with Crippen LogP contribution in [0.3, 0.4) is 0 Å². The maximum atomic E-state index is 6.91. The molecule has 0 fully saturated rings. The fourth-order valence-electron chi connectivity index (χ4n) is 2.52. The Bertz CT molecular complexity index is 487. The molecule has 0 heterocycles. The molecule has 0 atom stereocenters. The van der Waals surface area contributed by atoms with Crippen LogP contribution in [0.5, 0.6) is 5.75 Å². The van der Waals surface area contributed by atoms with Gasteiger partial charge >= 0.3 is 12.3 Å². The zero-order chi connectivity index (χ0) is 16.6. The van der Waals surface area contributed by atoms with Crippen LogP contribution in [-0.4, -0.2) is 23.2 Å². The summed E-state index contributed by atoms with van der Waals surface area (Å²) >= 11 is 0. The number of hydrogen-bond donors (Lipinski definition) is 0. The summed E-state index contributed by atoms with van der Waals surface area (Å²) in [4.78, 5) is 3.37. The van der Waals surface area contributed by atoms with E-state index in [9.17, 15) is 0 Å². The zero-order valence-electron chi connectivity index (χ0n) is 14.6. The highest BCUT2D eigenvalue weighted by molar-refractivity contribution is 6.84. The van der Waals surface area contributed by atoms with Gasteiger partial charge in [-0.3, -0.25) is 0 Å². The number of benzene rings is 1. The molecule has 0 saturated carbocycles. The lowest BCUT2D eigenvalue weighted by Crippen LogP contribution is -2.42. The Hall–Kier alpha value is -1.10. The second-order valence-corrected chi connectivity index (χ2v) is 16.3. The third kappa shape index (κ3) is 8.37. The van der Waals surface area contributed by atoms with Crippen molar-refractivity contribution in [1.29, 1.82) is 0 Å². The van der Waals surface area contributed by atoms with E-state index >= 15 is 0 Å². The van der Waals surface area contributed by atoms with Gasteiger partial charge < -0.3 is 8.85 Å². The van der Waals surface area contributed by atoms with Crippen molar-refractivity contribution in [2.75, 3.05) is 6.61 Å². The number of nitrogens with zero attached hydrogens (tertiary/aromatic N) is 1. The fraction of sp³-hybridized carbons (Fsp3) is 0.588. The lowest BCUT2D eigenvalue weighted by molar-refractivity contribution is 0.306. The molecule has 0 unspecified atom stereocenters. The van der Waals surface area contributed by atoms with Gasteiger partial charge in [0.1, 0.15) is 5.75 Å².